The molecule has 24 heavy (non-hydrogen) atoms. The van der Waals surface area contributed by atoms with Crippen molar-refractivity contribution in [1.82, 2.24) is 14.5 Å². The van der Waals surface area contributed by atoms with Crippen molar-refractivity contribution in [1.29, 1.82) is 0 Å². The third-order valence-corrected chi connectivity index (χ3v) is 6.28. The topological polar surface area (TPSA) is 38.1 Å². The molecule has 2 fully saturated rings. The summed E-state index contributed by atoms with van der Waals surface area (Å²) >= 11 is 1.54. The van der Waals surface area contributed by atoms with Crippen molar-refractivity contribution in [2.75, 3.05) is 13.1 Å². The zero-order valence-corrected chi connectivity index (χ0v) is 15.1. The summed E-state index contributed by atoms with van der Waals surface area (Å²) in [6.45, 7) is 5.06. The maximum Gasteiger partial charge on any atom is 0.263 e. The van der Waals surface area contributed by atoms with Crippen LogP contribution in [0, 0.1) is 12.8 Å². The van der Waals surface area contributed by atoms with Crippen molar-refractivity contribution >= 4 is 17.2 Å². The predicted molar refractivity (Wildman–Crippen MR) is 96.5 cm³/mol. The van der Waals surface area contributed by atoms with Crippen LogP contribution in [0.15, 0.2) is 23.7 Å². The third-order valence-electron chi connectivity index (χ3n) is 5.42. The minimum absolute atomic E-state index is 0.213. The van der Waals surface area contributed by atoms with E-state index in [-0.39, 0.29) is 5.91 Å². The number of nitrogens with zero attached hydrogens (tertiary/aromatic N) is 3. The Hall–Kier alpha value is -1.62. The molecular formula is C19H25N3OS. The number of imidazole rings is 1. The Bertz CT molecular complexity index is 694. The molecule has 1 saturated carbocycles. The van der Waals surface area contributed by atoms with Crippen LogP contribution in [-0.4, -0.2) is 33.4 Å². The van der Waals surface area contributed by atoms with Gasteiger partial charge in [0, 0.05) is 37.4 Å². The van der Waals surface area contributed by atoms with Crippen molar-refractivity contribution < 1.29 is 4.79 Å². The molecule has 2 aromatic heterocycles. The van der Waals surface area contributed by atoms with E-state index in [0.29, 0.717) is 5.92 Å². The summed E-state index contributed by atoms with van der Waals surface area (Å²) in [6, 6.07) is 3.88. The monoisotopic (exact) mass is 343 g/mol. The van der Waals surface area contributed by atoms with E-state index in [0.717, 1.165) is 43.3 Å². The number of amides is 1. The van der Waals surface area contributed by atoms with Gasteiger partial charge in [0.1, 0.15) is 5.82 Å². The van der Waals surface area contributed by atoms with Gasteiger partial charge in [-0.25, -0.2) is 4.98 Å². The lowest BCUT2D eigenvalue weighted by atomic mass is 9.93. The van der Waals surface area contributed by atoms with Crippen molar-refractivity contribution in [2.45, 2.75) is 51.5 Å². The van der Waals surface area contributed by atoms with Crippen LogP contribution in [0.5, 0.6) is 0 Å². The third kappa shape index (κ3) is 3.27. The maximum absolute atomic E-state index is 12.4. The summed E-state index contributed by atoms with van der Waals surface area (Å²) in [5.74, 6) is 2.96. The van der Waals surface area contributed by atoms with Crippen LogP contribution in [0.4, 0.5) is 0 Å². The molecule has 1 saturated heterocycles. The number of likely N-dealkylation sites (tertiary alicyclic amines) is 1. The first-order valence-electron chi connectivity index (χ1n) is 9.07. The van der Waals surface area contributed by atoms with Gasteiger partial charge in [0.2, 0.25) is 0 Å². The number of hydrogen-bond donors (Lipinski definition) is 0. The lowest BCUT2D eigenvalue weighted by molar-refractivity contribution is 0.0689. The first kappa shape index (κ1) is 15.9. The average molecular weight is 343 g/mol. The fourth-order valence-corrected chi connectivity index (χ4v) is 4.42. The Morgan fingerprint density at radius 3 is 2.75 bits per heavy atom. The Labute approximate surface area is 147 Å². The Balaban J connectivity index is 1.29. The van der Waals surface area contributed by atoms with Gasteiger partial charge in [-0.1, -0.05) is 6.07 Å². The number of aryl methyl sites for hydroxylation is 1. The fourth-order valence-electron chi connectivity index (χ4n) is 3.73. The SMILES string of the molecule is Cc1cnc(C2CC2)n1CCC1CCN(C(=O)c2cccs2)CC1. The van der Waals surface area contributed by atoms with E-state index in [9.17, 15) is 4.79 Å². The highest BCUT2D eigenvalue weighted by atomic mass is 32.1. The second-order valence-electron chi connectivity index (χ2n) is 7.19. The molecule has 0 radical (unpaired) electrons. The minimum Gasteiger partial charge on any atom is -0.338 e. The highest BCUT2D eigenvalue weighted by Crippen LogP contribution is 2.39. The van der Waals surface area contributed by atoms with Crippen molar-refractivity contribution in [2.24, 2.45) is 5.92 Å². The largest absolute Gasteiger partial charge is 0.338 e. The molecular weight excluding hydrogens is 318 g/mol. The lowest BCUT2D eigenvalue weighted by Crippen LogP contribution is -2.38. The van der Waals surface area contributed by atoms with Crippen molar-refractivity contribution in [3.63, 3.8) is 0 Å². The van der Waals surface area contributed by atoms with Gasteiger partial charge >= 0.3 is 0 Å². The summed E-state index contributed by atoms with van der Waals surface area (Å²) in [5.41, 5.74) is 1.29. The van der Waals surface area contributed by atoms with Crippen LogP contribution in [0.1, 0.15) is 59.2 Å². The molecule has 0 aromatic carbocycles. The standard InChI is InChI=1S/C19H25N3OS/c1-14-13-20-18(16-4-5-16)22(14)11-8-15-6-9-21(10-7-15)19(23)17-3-2-12-24-17/h2-3,12-13,15-16H,4-11H2,1H3. The number of carbonyl (C=O) groups is 1. The van der Waals surface area contributed by atoms with Crippen LogP contribution in [0.3, 0.4) is 0 Å². The van der Waals surface area contributed by atoms with E-state index in [1.165, 1.54) is 30.8 Å². The Morgan fingerprint density at radius 1 is 1.29 bits per heavy atom. The number of carbonyl (C=O) groups excluding carboxylic acids is 1. The summed E-state index contributed by atoms with van der Waals surface area (Å²) in [5, 5.41) is 1.98. The molecule has 0 N–H and O–H groups in total. The quantitative estimate of drug-likeness (QED) is 0.821. The van der Waals surface area contributed by atoms with E-state index in [1.54, 1.807) is 11.3 Å². The molecule has 2 aromatic rings. The molecule has 0 bridgehead atoms. The molecule has 4 rings (SSSR count). The first-order chi connectivity index (χ1) is 11.7. The Morgan fingerprint density at radius 2 is 2.08 bits per heavy atom. The van der Waals surface area contributed by atoms with E-state index >= 15 is 0 Å². The highest BCUT2D eigenvalue weighted by Gasteiger charge is 2.29. The van der Waals surface area contributed by atoms with E-state index < -0.39 is 0 Å². The molecule has 1 aliphatic heterocycles. The number of rotatable bonds is 5. The first-order valence-corrected chi connectivity index (χ1v) is 9.95. The minimum atomic E-state index is 0.213. The molecule has 4 nitrogen and oxygen atoms in total. The molecule has 5 heteroatoms. The zero-order chi connectivity index (χ0) is 16.5. The molecule has 128 valence electrons. The van der Waals surface area contributed by atoms with Gasteiger partial charge in [-0.05, 0) is 56.4 Å². The van der Waals surface area contributed by atoms with Gasteiger partial charge in [0.25, 0.3) is 5.91 Å². The van der Waals surface area contributed by atoms with Crippen LogP contribution in [0.25, 0.3) is 0 Å². The summed E-state index contributed by atoms with van der Waals surface area (Å²) in [4.78, 5) is 19.9. The molecule has 1 amide bonds. The van der Waals surface area contributed by atoms with E-state index in [4.69, 9.17) is 0 Å². The molecule has 0 spiro atoms. The van der Waals surface area contributed by atoms with Crippen molar-refractivity contribution in [3.8, 4) is 0 Å². The average Bonchev–Trinajstić information content (AvgIpc) is 3.16. The van der Waals surface area contributed by atoms with E-state index in [1.807, 2.05) is 28.6 Å². The highest BCUT2D eigenvalue weighted by molar-refractivity contribution is 7.12. The molecule has 0 atom stereocenters. The predicted octanol–water partition coefficient (Wildman–Crippen LogP) is 4.07. The normalized spacial score (nSPS) is 19.0. The van der Waals surface area contributed by atoms with Crippen LogP contribution < -0.4 is 0 Å². The van der Waals surface area contributed by atoms with E-state index in [2.05, 4.69) is 16.5 Å². The molecule has 1 aliphatic carbocycles. The van der Waals surface area contributed by atoms with Crippen LogP contribution in [-0.2, 0) is 6.54 Å². The summed E-state index contributed by atoms with van der Waals surface area (Å²) < 4.78 is 2.43. The molecule has 2 aliphatic rings. The second kappa shape index (κ2) is 6.71. The van der Waals surface area contributed by atoms with Gasteiger partial charge in [-0.2, -0.15) is 0 Å². The van der Waals surface area contributed by atoms with Gasteiger partial charge in [-0.3, -0.25) is 4.79 Å². The second-order valence-corrected chi connectivity index (χ2v) is 8.13. The Kier molecular flexibility index (Phi) is 4.44. The van der Waals surface area contributed by atoms with Crippen LogP contribution >= 0.6 is 11.3 Å². The number of thiophene rings is 1. The lowest BCUT2D eigenvalue weighted by Gasteiger charge is -2.32. The zero-order valence-electron chi connectivity index (χ0n) is 14.3. The summed E-state index contributed by atoms with van der Waals surface area (Å²) in [6.07, 6.45) is 8.10. The smallest absolute Gasteiger partial charge is 0.263 e. The van der Waals surface area contributed by atoms with Gasteiger partial charge in [-0.15, -0.1) is 11.3 Å². The van der Waals surface area contributed by atoms with Gasteiger partial charge < -0.3 is 9.47 Å². The fraction of sp³-hybridized carbons (Fsp3) is 0.579. The molecule has 0 unspecified atom stereocenters. The molecule has 3 heterocycles. The van der Waals surface area contributed by atoms with Crippen molar-refractivity contribution in [3.05, 3.63) is 40.1 Å². The van der Waals surface area contributed by atoms with Gasteiger partial charge in [0.15, 0.2) is 0 Å². The number of hydrogen-bond acceptors (Lipinski definition) is 3. The number of aromatic nitrogens is 2. The van der Waals surface area contributed by atoms with Crippen LogP contribution in [0.2, 0.25) is 0 Å². The maximum atomic E-state index is 12.4. The van der Waals surface area contributed by atoms with Gasteiger partial charge in [0.05, 0.1) is 4.88 Å². The number of piperidine rings is 1. The summed E-state index contributed by atoms with van der Waals surface area (Å²) in [7, 11) is 0.